The second kappa shape index (κ2) is 39.5. The fraction of sp³-hybridized carbons (Fsp3) is 0.611. The van der Waals surface area contributed by atoms with E-state index < -0.39 is 164 Å². The number of hydrogen-bond donors (Lipinski definition) is 6. The molecule has 0 unspecified atom stereocenters. The number of rotatable bonds is 29. The number of aromatic hydroxyl groups is 6. The molecule has 4 atom stereocenters. The summed E-state index contributed by atoms with van der Waals surface area (Å²) in [5, 5.41) is 73.0. The van der Waals surface area contributed by atoms with E-state index in [1.807, 2.05) is 322 Å². The number of phenolic OH excluding ortho intramolecular Hbond substituents is 6. The number of aryl methyl sites for hydroxylation is 6. The standard InChI is InChI=1S/C108H158O18/c1-97(2,3)69-49-63(89(115)75(55-69)103(19,20)21)37-43-83(109)121-61-81(123-85(111)45-39-65-51-71(99(7,8)9)57-77(91(65)117)105(25,26)27)95(125-87(113)47-41-67-53-73(101(13,14)15)59-79(93(67)119)107(31,32)33)96(126-88(114)48-42-68-54-74(102(16,17)18)60-80(94(68)120)108(34,35)36)82(124-86(112)46-40-66-52-72(100(10,11)12)58-78(92(66)118)106(28,29)30)62-122-84(110)44-38-64-50-70(98(4,5)6)56-76(90(64)116)104(22,23)24/h49-60,81-82,95-96,115-120H,37-48,61-62H2,1-36H3/t81-,82+,95-,96-/m1/s1. The zero-order valence-electron chi connectivity index (χ0n) is 83.7. The van der Waals surface area contributed by atoms with Crippen molar-refractivity contribution in [2.24, 2.45) is 0 Å². The summed E-state index contributed by atoms with van der Waals surface area (Å²) in [5.41, 5.74) is 5.62. The number of carbonyl (C=O) groups is 6. The van der Waals surface area contributed by atoms with E-state index in [1.54, 1.807) is 0 Å². The van der Waals surface area contributed by atoms with Crippen LogP contribution in [0.4, 0.5) is 0 Å². The lowest BCUT2D eigenvalue weighted by molar-refractivity contribution is -0.209. The van der Waals surface area contributed by atoms with Gasteiger partial charge in [-0.05, 0) is 204 Å². The second-order valence-electron chi connectivity index (χ2n) is 47.5. The van der Waals surface area contributed by atoms with Gasteiger partial charge in [-0.2, -0.15) is 0 Å². The first kappa shape index (κ1) is 106. The van der Waals surface area contributed by atoms with Crippen molar-refractivity contribution in [3.8, 4) is 34.5 Å². The van der Waals surface area contributed by atoms with Crippen LogP contribution < -0.4 is 0 Å². The van der Waals surface area contributed by atoms with Crippen molar-refractivity contribution in [2.75, 3.05) is 13.2 Å². The van der Waals surface area contributed by atoms with E-state index in [0.717, 1.165) is 33.4 Å². The molecule has 0 aliphatic rings. The van der Waals surface area contributed by atoms with Crippen molar-refractivity contribution in [2.45, 2.75) is 416 Å². The predicted octanol–water partition coefficient (Wildman–Crippen LogP) is 23.3. The van der Waals surface area contributed by atoms with Gasteiger partial charge in [0.15, 0.2) is 24.4 Å². The zero-order valence-corrected chi connectivity index (χ0v) is 83.7. The average molecular weight is 1740 g/mol. The van der Waals surface area contributed by atoms with E-state index in [9.17, 15) is 30.6 Å². The van der Waals surface area contributed by atoms with E-state index in [-0.39, 0.29) is 85.9 Å². The highest BCUT2D eigenvalue weighted by atomic mass is 16.6. The largest absolute Gasteiger partial charge is 0.507 e. The van der Waals surface area contributed by atoms with Crippen LogP contribution in [0.15, 0.2) is 72.8 Å². The SMILES string of the molecule is CC(C)(C)c1cc(CCC(=O)OC[C@H](OC(=O)CCc2cc(C(C)(C)C)cc(C(C)(C)C)c2O)[C@@H](OC(=O)CCc2cc(C(C)(C)C)cc(C(C)(C)C)c2O)[C@H](OC(=O)CCc2cc(C(C)(C)C)cc(C(C)(C)C)c2O)[C@@H](COC(=O)CCc2cc(C(C)(C)C)cc(C(C)(C)C)c2O)OC(=O)CCc2cc(C(C)(C)C)cc(C(C)(C)C)c2O)c(O)c(C(C)(C)C)c1. The first-order chi connectivity index (χ1) is 57.0. The molecule has 6 rings (SSSR count). The van der Waals surface area contributed by atoms with Gasteiger partial charge in [0.25, 0.3) is 0 Å². The third-order valence-corrected chi connectivity index (χ3v) is 23.7. The number of esters is 6. The highest BCUT2D eigenvalue weighted by molar-refractivity contribution is 5.75. The summed E-state index contributed by atoms with van der Waals surface area (Å²) in [5.74, 6) is -6.01. The predicted molar refractivity (Wildman–Crippen MR) is 504 cm³/mol. The van der Waals surface area contributed by atoms with Crippen molar-refractivity contribution in [1.82, 2.24) is 0 Å². The van der Waals surface area contributed by atoms with Gasteiger partial charge in [0.2, 0.25) is 0 Å². The minimum absolute atomic E-state index is 0.00554. The smallest absolute Gasteiger partial charge is 0.306 e. The van der Waals surface area contributed by atoms with Gasteiger partial charge in [-0.3, -0.25) is 28.8 Å². The lowest BCUT2D eigenvalue weighted by atomic mass is 9.78. The second-order valence-corrected chi connectivity index (χ2v) is 47.5. The molecule has 6 N–H and O–H groups in total. The van der Waals surface area contributed by atoms with Crippen LogP contribution in [0.2, 0.25) is 0 Å². The molecule has 0 bridgehead atoms. The van der Waals surface area contributed by atoms with Gasteiger partial charge >= 0.3 is 35.8 Å². The maximum Gasteiger partial charge on any atom is 0.306 e. The molecule has 6 aromatic rings. The Bertz CT molecular complexity index is 4580. The summed E-state index contributed by atoms with van der Waals surface area (Å²) < 4.78 is 39.5. The molecule has 18 heteroatoms. The van der Waals surface area contributed by atoms with Crippen LogP contribution in [0.5, 0.6) is 34.5 Å². The van der Waals surface area contributed by atoms with Crippen LogP contribution in [0.25, 0.3) is 0 Å². The molecule has 698 valence electrons. The highest BCUT2D eigenvalue weighted by Gasteiger charge is 2.47. The topological polar surface area (TPSA) is 279 Å². The minimum atomic E-state index is -2.19. The molecule has 0 saturated carbocycles. The summed E-state index contributed by atoms with van der Waals surface area (Å²) in [6.45, 7) is 70.2. The quantitative estimate of drug-likeness (QED) is 0.0188. The van der Waals surface area contributed by atoms with Crippen molar-refractivity contribution in [1.29, 1.82) is 0 Å². The molecule has 0 aliphatic heterocycles. The molecular formula is C108H158O18. The molecule has 0 aromatic heterocycles. The number of benzene rings is 6. The molecular weight excluding hydrogens is 1590 g/mol. The Kier molecular flexibility index (Phi) is 33.1. The van der Waals surface area contributed by atoms with Crippen LogP contribution >= 0.6 is 0 Å². The fourth-order valence-electron chi connectivity index (χ4n) is 15.2. The first-order valence-electron chi connectivity index (χ1n) is 45.3. The summed E-state index contributed by atoms with van der Waals surface area (Å²) >= 11 is 0. The van der Waals surface area contributed by atoms with E-state index in [0.29, 0.717) is 66.8 Å². The molecule has 0 fully saturated rings. The number of ether oxygens (including phenoxy) is 6. The van der Waals surface area contributed by atoms with Gasteiger partial charge in [0.1, 0.15) is 47.7 Å². The third kappa shape index (κ3) is 29.0. The van der Waals surface area contributed by atoms with Crippen molar-refractivity contribution >= 4 is 35.8 Å². The number of carbonyl (C=O) groups excluding carboxylic acids is 6. The Morgan fingerprint density at radius 3 is 0.500 bits per heavy atom. The van der Waals surface area contributed by atoms with Gasteiger partial charge in [0, 0.05) is 38.5 Å². The van der Waals surface area contributed by atoms with Gasteiger partial charge in [-0.1, -0.05) is 322 Å². The Morgan fingerprint density at radius 2 is 0.357 bits per heavy atom. The van der Waals surface area contributed by atoms with Gasteiger partial charge < -0.3 is 59.1 Å². The average Bonchev–Trinajstić information content (AvgIpc) is 0.806. The van der Waals surface area contributed by atoms with Crippen molar-refractivity contribution in [3.63, 3.8) is 0 Å². The molecule has 0 saturated heterocycles. The van der Waals surface area contributed by atoms with E-state index >= 15 is 28.8 Å². The third-order valence-electron chi connectivity index (χ3n) is 23.7. The van der Waals surface area contributed by atoms with E-state index in [4.69, 9.17) is 28.4 Å². The molecule has 126 heavy (non-hydrogen) atoms. The van der Waals surface area contributed by atoms with Crippen molar-refractivity contribution in [3.05, 3.63) is 173 Å². The zero-order chi connectivity index (χ0) is 96.3. The van der Waals surface area contributed by atoms with Gasteiger partial charge in [-0.25, -0.2) is 0 Å². The minimum Gasteiger partial charge on any atom is -0.507 e. The Morgan fingerprint density at radius 1 is 0.214 bits per heavy atom. The normalized spacial score (nSPS) is 14.1. The molecule has 0 amide bonds. The van der Waals surface area contributed by atoms with Crippen LogP contribution in [-0.4, -0.2) is 104 Å². The molecule has 0 radical (unpaired) electrons. The molecule has 18 nitrogen and oxygen atoms in total. The molecule has 0 aliphatic carbocycles. The monoisotopic (exact) mass is 1740 g/mol. The summed E-state index contributed by atoms with van der Waals surface area (Å²) in [7, 11) is 0. The number of phenols is 6. The number of hydrogen-bond acceptors (Lipinski definition) is 18. The molecule has 0 spiro atoms. The van der Waals surface area contributed by atoms with Crippen LogP contribution in [-0.2, 0) is 161 Å². The Hall–Kier alpha value is -9.06. The maximum absolute atomic E-state index is 15.9. The lowest BCUT2D eigenvalue weighted by Gasteiger charge is -2.36. The summed E-state index contributed by atoms with van der Waals surface area (Å²) in [4.78, 5) is 93.0. The van der Waals surface area contributed by atoms with Crippen LogP contribution in [0, 0.1) is 0 Å². The summed E-state index contributed by atoms with van der Waals surface area (Å²) in [6.07, 6.45) is -11.8. The lowest BCUT2D eigenvalue weighted by Crippen LogP contribution is -2.54. The molecule has 0 heterocycles. The Labute approximate surface area is 755 Å². The van der Waals surface area contributed by atoms with E-state index in [1.165, 1.54) is 0 Å². The maximum atomic E-state index is 15.9. The first-order valence-corrected chi connectivity index (χ1v) is 45.3. The fourth-order valence-corrected chi connectivity index (χ4v) is 15.2. The van der Waals surface area contributed by atoms with Crippen LogP contribution in [0.3, 0.4) is 0 Å². The molecule has 6 aromatic carbocycles. The van der Waals surface area contributed by atoms with Crippen molar-refractivity contribution < 1.29 is 87.8 Å². The van der Waals surface area contributed by atoms with Gasteiger partial charge in [0.05, 0.1) is 0 Å². The van der Waals surface area contributed by atoms with E-state index in [2.05, 4.69) is 0 Å². The van der Waals surface area contributed by atoms with Crippen LogP contribution in [0.1, 0.15) is 388 Å². The summed E-state index contributed by atoms with van der Waals surface area (Å²) in [6, 6.07) is 22.7. The highest BCUT2D eigenvalue weighted by Crippen LogP contribution is 2.46. The Balaban J connectivity index is 1.72. The van der Waals surface area contributed by atoms with Gasteiger partial charge in [-0.15, -0.1) is 0 Å².